The average molecular weight is 310 g/mol. The lowest BCUT2D eigenvalue weighted by molar-refractivity contribution is -0.354. The Morgan fingerprint density at radius 3 is 1.71 bits per heavy atom. The molecule has 0 amide bonds. The predicted molar refractivity (Wildman–Crippen MR) is 63.0 cm³/mol. The summed E-state index contributed by atoms with van der Waals surface area (Å²) >= 11 is 0. The summed E-state index contributed by atoms with van der Waals surface area (Å²) < 4.78 is 64.7. The first-order valence-electron chi connectivity index (χ1n) is 7.42. The molecule has 4 bridgehead atoms. The first-order valence-corrected chi connectivity index (χ1v) is 7.42. The molecule has 0 radical (unpaired) electrons. The van der Waals surface area contributed by atoms with Gasteiger partial charge in [-0.15, -0.1) is 0 Å². The molecule has 1 N–H and O–H groups in total. The normalized spacial score (nSPS) is 49.3. The molecule has 1 spiro atoms. The molecule has 0 aromatic rings. The summed E-state index contributed by atoms with van der Waals surface area (Å²) in [6, 6.07) is 0. The lowest BCUT2D eigenvalue weighted by atomic mass is 9.51. The van der Waals surface area contributed by atoms with Crippen LogP contribution in [0.15, 0.2) is 0 Å². The van der Waals surface area contributed by atoms with E-state index in [0.717, 1.165) is 0 Å². The van der Waals surface area contributed by atoms with Gasteiger partial charge in [-0.2, -0.15) is 17.6 Å². The summed E-state index contributed by atoms with van der Waals surface area (Å²) in [4.78, 5) is 0. The van der Waals surface area contributed by atoms with Crippen molar-refractivity contribution in [1.82, 2.24) is 0 Å². The summed E-state index contributed by atoms with van der Waals surface area (Å²) in [6.45, 7) is -2.65. The summed E-state index contributed by atoms with van der Waals surface area (Å²) in [5.41, 5.74) is -0.800. The van der Waals surface area contributed by atoms with Crippen molar-refractivity contribution in [2.24, 2.45) is 17.8 Å². The van der Waals surface area contributed by atoms with Gasteiger partial charge < -0.3 is 14.6 Å². The van der Waals surface area contributed by atoms with Gasteiger partial charge in [-0.1, -0.05) is 0 Å². The van der Waals surface area contributed by atoms with Crippen LogP contribution >= 0.6 is 0 Å². The van der Waals surface area contributed by atoms with Crippen molar-refractivity contribution < 1.29 is 32.1 Å². The minimum Gasteiger partial charge on any atom is -0.390 e. The zero-order valence-corrected chi connectivity index (χ0v) is 11.5. The minimum atomic E-state index is -4.22. The Balaban J connectivity index is 1.67. The molecule has 0 aromatic carbocycles. The van der Waals surface area contributed by atoms with Gasteiger partial charge in [0.2, 0.25) is 0 Å². The molecule has 0 aromatic heterocycles. The molecule has 120 valence electrons. The second kappa shape index (κ2) is 3.92. The maximum Gasteiger partial charge on any atom is 0.335 e. The second-order valence-corrected chi connectivity index (χ2v) is 7.28. The Morgan fingerprint density at radius 1 is 0.810 bits per heavy atom. The Bertz CT molecular complexity index is 431. The van der Waals surface area contributed by atoms with Gasteiger partial charge in [0.15, 0.2) is 5.79 Å². The highest BCUT2D eigenvalue weighted by atomic mass is 19.3. The number of halogens is 4. The van der Waals surface area contributed by atoms with E-state index in [1.165, 1.54) is 0 Å². The van der Waals surface area contributed by atoms with Crippen LogP contribution in [-0.2, 0) is 9.47 Å². The van der Waals surface area contributed by atoms with Crippen molar-refractivity contribution in [1.29, 1.82) is 0 Å². The molecule has 2 unspecified atom stereocenters. The summed E-state index contributed by atoms with van der Waals surface area (Å²) in [5.74, 6) is -10.1. The molecule has 7 heteroatoms. The van der Waals surface area contributed by atoms with Crippen LogP contribution in [-0.4, -0.2) is 41.6 Å². The predicted octanol–water partition coefficient (Wildman–Crippen LogP) is 2.57. The monoisotopic (exact) mass is 310 g/mol. The fourth-order valence-electron chi connectivity index (χ4n) is 5.02. The zero-order valence-electron chi connectivity index (χ0n) is 11.5. The Labute approximate surface area is 119 Å². The van der Waals surface area contributed by atoms with Crippen LogP contribution < -0.4 is 0 Å². The van der Waals surface area contributed by atoms with Crippen LogP contribution in [0.3, 0.4) is 0 Å². The van der Waals surface area contributed by atoms with Crippen LogP contribution in [0.4, 0.5) is 17.6 Å². The van der Waals surface area contributed by atoms with Crippen LogP contribution in [0.2, 0.25) is 0 Å². The van der Waals surface area contributed by atoms with Crippen LogP contribution in [0, 0.1) is 17.8 Å². The number of hydrogen-bond acceptors (Lipinski definition) is 3. The van der Waals surface area contributed by atoms with E-state index in [1.54, 1.807) is 0 Å². The third kappa shape index (κ3) is 1.83. The van der Waals surface area contributed by atoms with E-state index >= 15 is 0 Å². The summed E-state index contributed by atoms with van der Waals surface area (Å²) in [6.07, 6.45) is 2.86. The van der Waals surface area contributed by atoms with Gasteiger partial charge in [0.25, 0.3) is 0 Å². The highest BCUT2D eigenvalue weighted by Crippen LogP contribution is 2.62. The molecule has 1 aliphatic heterocycles. The molecule has 1 heterocycles. The van der Waals surface area contributed by atoms with Gasteiger partial charge in [0.1, 0.15) is 13.2 Å². The number of alkyl halides is 4. The fraction of sp³-hybridized carbons (Fsp3) is 1.00. The molecule has 5 fully saturated rings. The van der Waals surface area contributed by atoms with E-state index in [1.807, 2.05) is 0 Å². The molecular weight excluding hydrogens is 292 g/mol. The lowest BCUT2D eigenvalue weighted by Crippen LogP contribution is -2.65. The molecule has 1 saturated heterocycles. The van der Waals surface area contributed by atoms with Gasteiger partial charge in [-0.25, -0.2) is 0 Å². The van der Waals surface area contributed by atoms with Gasteiger partial charge in [-0.05, 0) is 38.0 Å². The highest BCUT2D eigenvalue weighted by Gasteiger charge is 2.68. The molecule has 2 atom stereocenters. The van der Waals surface area contributed by atoms with Gasteiger partial charge >= 0.3 is 11.8 Å². The van der Waals surface area contributed by atoms with Crippen LogP contribution in [0.5, 0.6) is 0 Å². The van der Waals surface area contributed by atoms with Crippen molar-refractivity contribution in [3.63, 3.8) is 0 Å². The van der Waals surface area contributed by atoms with Crippen molar-refractivity contribution in [3.8, 4) is 0 Å². The molecule has 5 aliphatic rings. The minimum absolute atomic E-state index is 0.279. The second-order valence-electron chi connectivity index (χ2n) is 7.28. The Kier molecular flexibility index (Phi) is 2.65. The van der Waals surface area contributed by atoms with Crippen molar-refractivity contribution in [2.75, 3.05) is 13.2 Å². The van der Waals surface area contributed by atoms with Gasteiger partial charge in [-0.3, -0.25) is 0 Å². The zero-order chi connectivity index (χ0) is 15.1. The number of ether oxygens (including phenoxy) is 2. The molecular formula is C14H18F4O3. The summed E-state index contributed by atoms with van der Waals surface area (Å²) in [7, 11) is 0. The lowest BCUT2D eigenvalue weighted by Gasteiger charge is -2.62. The standard InChI is InChI=1S/C14H18F4O3/c15-12(16)6-20-14(21-7-13(12,17)18)9-1-8-2-10(14)5-11(19,3-8)4-9/h8-10,19H,1-7H2. The largest absolute Gasteiger partial charge is 0.390 e. The summed E-state index contributed by atoms with van der Waals surface area (Å²) in [5, 5.41) is 10.5. The topological polar surface area (TPSA) is 38.7 Å². The third-order valence-electron chi connectivity index (χ3n) is 5.79. The molecule has 21 heavy (non-hydrogen) atoms. The Morgan fingerprint density at radius 2 is 1.29 bits per heavy atom. The van der Waals surface area contributed by atoms with E-state index < -0.39 is 36.4 Å². The quantitative estimate of drug-likeness (QED) is 0.699. The SMILES string of the molecule is OC12CC3CC(C1)C1(OCC(F)(F)C(F)(F)CO1)C(C3)C2. The third-order valence-corrected chi connectivity index (χ3v) is 5.79. The van der Waals surface area contributed by atoms with E-state index in [4.69, 9.17) is 9.47 Å². The maximum atomic E-state index is 13.5. The first kappa shape index (κ1) is 14.2. The average Bonchev–Trinajstić information content (AvgIpc) is 2.43. The van der Waals surface area contributed by atoms with Crippen LogP contribution in [0.1, 0.15) is 32.1 Å². The molecule has 4 saturated carbocycles. The van der Waals surface area contributed by atoms with E-state index in [0.29, 0.717) is 38.0 Å². The smallest absolute Gasteiger partial charge is 0.335 e. The van der Waals surface area contributed by atoms with Gasteiger partial charge in [0, 0.05) is 11.8 Å². The number of hydrogen-bond donors (Lipinski definition) is 1. The fourth-order valence-corrected chi connectivity index (χ4v) is 5.02. The highest BCUT2D eigenvalue weighted by molar-refractivity contribution is 5.11. The Hall–Kier alpha value is -0.400. The van der Waals surface area contributed by atoms with E-state index in [2.05, 4.69) is 0 Å². The van der Waals surface area contributed by atoms with E-state index in [-0.39, 0.29) is 11.8 Å². The van der Waals surface area contributed by atoms with Crippen LogP contribution in [0.25, 0.3) is 0 Å². The van der Waals surface area contributed by atoms with Crippen molar-refractivity contribution in [2.45, 2.75) is 55.3 Å². The van der Waals surface area contributed by atoms with Crippen molar-refractivity contribution >= 4 is 0 Å². The maximum absolute atomic E-state index is 13.5. The van der Waals surface area contributed by atoms with Crippen molar-refractivity contribution in [3.05, 3.63) is 0 Å². The van der Waals surface area contributed by atoms with Gasteiger partial charge in [0.05, 0.1) is 5.60 Å². The first-order chi connectivity index (χ1) is 9.66. The molecule has 4 aliphatic carbocycles. The molecule has 3 nitrogen and oxygen atoms in total. The number of rotatable bonds is 0. The molecule has 5 rings (SSSR count). The van der Waals surface area contributed by atoms with E-state index in [9.17, 15) is 22.7 Å². The number of aliphatic hydroxyl groups is 1.